The number of hydrogen-bond acceptors (Lipinski definition) is 1. The van der Waals surface area contributed by atoms with E-state index in [9.17, 15) is 4.79 Å². The second kappa shape index (κ2) is 8.22. The quantitative estimate of drug-likeness (QED) is 0.593. The van der Waals surface area contributed by atoms with Gasteiger partial charge < -0.3 is 5.32 Å². The summed E-state index contributed by atoms with van der Waals surface area (Å²) < 4.78 is -1.64. The molecule has 7 heteroatoms. The Balaban J connectivity index is 2.04. The highest BCUT2D eigenvalue weighted by Gasteiger charge is 2.37. The van der Waals surface area contributed by atoms with Crippen molar-refractivity contribution in [2.45, 2.75) is 16.5 Å². The van der Waals surface area contributed by atoms with E-state index in [0.717, 1.165) is 5.56 Å². The summed E-state index contributed by atoms with van der Waals surface area (Å²) in [6.45, 7) is 0.570. The van der Waals surface area contributed by atoms with Crippen LogP contribution in [0, 0.1) is 0 Å². The third-order valence-electron chi connectivity index (χ3n) is 3.18. The first-order valence-electron chi connectivity index (χ1n) is 6.86. The van der Waals surface area contributed by atoms with Gasteiger partial charge in [0.25, 0.3) is 9.70 Å². The van der Waals surface area contributed by atoms with E-state index in [0.29, 0.717) is 17.1 Å². The fourth-order valence-corrected chi connectivity index (χ4v) is 2.53. The lowest BCUT2D eigenvalue weighted by Crippen LogP contribution is -2.95. The molecule has 0 bridgehead atoms. The van der Waals surface area contributed by atoms with Crippen molar-refractivity contribution in [1.29, 1.82) is 0 Å². The second-order valence-corrected chi connectivity index (χ2v) is 7.73. The van der Waals surface area contributed by atoms with Crippen LogP contribution in [0.2, 0.25) is 5.02 Å². The number of carbonyl (C=O) groups excluding carboxylic acids is 1. The molecule has 3 nitrogen and oxygen atoms in total. The lowest BCUT2D eigenvalue weighted by atomic mass is 10.2. The maximum absolute atomic E-state index is 12.3. The van der Waals surface area contributed by atoms with Crippen molar-refractivity contribution < 1.29 is 10.1 Å². The van der Waals surface area contributed by atoms with Crippen LogP contribution in [0.15, 0.2) is 54.6 Å². The van der Waals surface area contributed by atoms with E-state index in [1.807, 2.05) is 30.3 Å². The Bertz CT molecular complexity index is 641. The third kappa shape index (κ3) is 5.87. The van der Waals surface area contributed by atoms with Crippen LogP contribution in [0.4, 0.5) is 0 Å². The first-order valence-corrected chi connectivity index (χ1v) is 8.38. The molecule has 0 saturated heterocycles. The van der Waals surface area contributed by atoms with Gasteiger partial charge in [-0.3, -0.25) is 10.1 Å². The maximum atomic E-state index is 12.3. The SMILES string of the molecule is O=C(N[C@@H]([NH2+]Cc1ccccc1)C(Cl)(Cl)Cl)c1ccc(Cl)cc1. The molecule has 0 unspecified atom stereocenters. The number of hydrogen-bond donors (Lipinski definition) is 2. The molecule has 0 aliphatic heterocycles. The Hall–Kier alpha value is -0.970. The highest BCUT2D eigenvalue weighted by Crippen LogP contribution is 2.27. The van der Waals surface area contributed by atoms with Crippen LogP contribution < -0.4 is 10.6 Å². The molecule has 0 aliphatic carbocycles. The zero-order chi connectivity index (χ0) is 16.9. The summed E-state index contributed by atoms with van der Waals surface area (Å²) in [5.74, 6) is -0.331. The summed E-state index contributed by atoms with van der Waals surface area (Å²) >= 11 is 23.8. The molecule has 0 spiro atoms. The second-order valence-electron chi connectivity index (χ2n) is 4.93. The van der Waals surface area contributed by atoms with Crippen LogP contribution >= 0.6 is 46.4 Å². The number of carbonyl (C=O) groups is 1. The Morgan fingerprint density at radius 1 is 1.04 bits per heavy atom. The summed E-state index contributed by atoms with van der Waals surface area (Å²) in [6.07, 6.45) is -0.726. The number of alkyl halides is 3. The van der Waals surface area contributed by atoms with E-state index < -0.39 is 9.96 Å². The van der Waals surface area contributed by atoms with Gasteiger partial charge in [-0.2, -0.15) is 0 Å². The Morgan fingerprint density at radius 2 is 1.65 bits per heavy atom. The zero-order valence-electron chi connectivity index (χ0n) is 12.0. The maximum Gasteiger partial charge on any atom is 0.262 e. The molecule has 0 radical (unpaired) electrons. The van der Waals surface area contributed by atoms with E-state index in [4.69, 9.17) is 46.4 Å². The van der Waals surface area contributed by atoms with Crippen molar-refractivity contribution in [3.8, 4) is 0 Å². The van der Waals surface area contributed by atoms with Crippen molar-refractivity contribution in [1.82, 2.24) is 5.32 Å². The average molecular weight is 393 g/mol. The van der Waals surface area contributed by atoms with Gasteiger partial charge in [-0.15, -0.1) is 0 Å². The monoisotopic (exact) mass is 391 g/mol. The van der Waals surface area contributed by atoms with Gasteiger partial charge in [0.05, 0.1) is 0 Å². The number of quaternary nitrogens is 1. The first kappa shape index (κ1) is 18.4. The van der Waals surface area contributed by atoms with Gasteiger partial charge in [0, 0.05) is 16.1 Å². The average Bonchev–Trinajstić information content (AvgIpc) is 2.51. The van der Waals surface area contributed by atoms with E-state index in [-0.39, 0.29) is 5.91 Å². The van der Waals surface area contributed by atoms with E-state index in [2.05, 4.69) is 5.32 Å². The Kier molecular flexibility index (Phi) is 6.57. The molecule has 0 aliphatic rings. The summed E-state index contributed by atoms with van der Waals surface area (Å²) in [5.41, 5.74) is 1.51. The lowest BCUT2D eigenvalue weighted by Gasteiger charge is -2.23. The molecule has 2 aromatic rings. The van der Waals surface area contributed by atoms with Gasteiger partial charge in [0.1, 0.15) is 6.54 Å². The molecule has 0 heterocycles. The smallest absolute Gasteiger partial charge is 0.262 e. The zero-order valence-corrected chi connectivity index (χ0v) is 15.0. The number of benzene rings is 2. The number of nitrogens with one attached hydrogen (secondary N) is 1. The van der Waals surface area contributed by atoms with Crippen molar-refractivity contribution >= 4 is 52.3 Å². The van der Waals surface area contributed by atoms with Gasteiger partial charge >= 0.3 is 0 Å². The Morgan fingerprint density at radius 3 is 2.22 bits per heavy atom. The molecular weight excluding hydrogens is 378 g/mol. The topological polar surface area (TPSA) is 45.7 Å². The Labute approximate surface area is 154 Å². The van der Waals surface area contributed by atoms with Gasteiger partial charge in [0.2, 0.25) is 6.17 Å². The standard InChI is InChI=1S/C16H14Cl4N2O/c17-13-8-6-12(7-9-13)14(23)22-15(16(18,19)20)21-10-11-4-2-1-3-5-11/h1-9,15,21H,10H2,(H,22,23)/p+1/t15-/m1/s1. The van der Waals surface area contributed by atoms with Crippen LogP contribution in [0.25, 0.3) is 0 Å². The lowest BCUT2D eigenvalue weighted by molar-refractivity contribution is -0.706. The molecule has 1 atom stereocenters. The number of rotatable bonds is 5. The predicted octanol–water partition coefficient (Wildman–Crippen LogP) is 3.53. The van der Waals surface area contributed by atoms with E-state index in [1.165, 1.54) is 0 Å². The van der Waals surface area contributed by atoms with Crippen molar-refractivity contribution in [2.24, 2.45) is 0 Å². The van der Waals surface area contributed by atoms with Gasteiger partial charge in [-0.1, -0.05) is 76.7 Å². The van der Waals surface area contributed by atoms with E-state index >= 15 is 0 Å². The van der Waals surface area contributed by atoms with Gasteiger partial charge in [-0.05, 0) is 24.3 Å². The normalized spacial score (nSPS) is 12.7. The molecule has 2 rings (SSSR count). The minimum absolute atomic E-state index is 0.331. The largest absolute Gasteiger partial charge is 0.319 e. The fourth-order valence-electron chi connectivity index (χ4n) is 1.97. The number of amides is 1. The predicted molar refractivity (Wildman–Crippen MR) is 95.1 cm³/mol. The molecule has 3 N–H and O–H groups in total. The molecule has 23 heavy (non-hydrogen) atoms. The van der Waals surface area contributed by atoms with Crippen LogP contribution in [-0.2, 0) is 6.54 Å². The summed E-state index contributed by atoms with van der Waals surface area (Å²) in [5, 5.41) is 5.05. The summed E-state index contributed by atoms with van der Waals surface area (Å²) in [6, 6.07) is 16.2. The van der Waals surface area contributed by atoms with Crippen LogP contribution in [0.1, 0.15) is 15.9 Å². The van der Waals surface area contributed by atoms with Crippen LogP contribution in [0.5, 0.6) is 0 Å². The number of halogens is 4. The molecule has 0 saturated carbocycles. The van der Waals surface area contributed by atoms with Gasteiger partial charge in [0.15, 0.2) is 0 Å². The fraction of sp³-hybridized carbons (Fsp3) is 0.188. The minimum atomic E-state index is -1.64. The molecule has 0 aromatic heterocycles. The van der Waals surface area contributed by atoms with Crippen molar-refractivity contribution in [3.63, 3.8) is 0 Å². The van der Waals surface area contributed by atoms with Gasteiger partial charge in [-0.25, -0.2) is 0 Å². The molecule has 2 aromatic carbocycles. The number of nitrogens with two attached hydrogens (primary N) is 1. The highest BCUT2D eigenvalue weighted by molar-refractivity contribution is 6.68. The van der Waals surface area contributed by atoms with Crippen LogP contribution in [0.3, 0.4) is 0 Å². The van der Waals surface area contributed by atoms with Crippen molar-refractivity contribution in [2.75, 3.05) is 0 Å². The van der Waals surface area contributed by atoms with Crippen LogP contribution in [-0.4, -0.2) is 15.9 Å². The molecule has 1 amide bonds. The molecule has 0 fully saturated rings. The third-order valence-corrected chi connectivity index (χ3v) is 4.14. The summed E-state index contributed by atoms with van der Waals surface area (Å²) in [4.78, 5) is 12.3. The highest BCUT2D eigenvalue weighted by atomic mass is 35.6. The van der Waals surface area contributed by atoms with Crippen molar-refractivity contribution in [3.05, 3.63) is 70.7 Å². The molecular formula is C16H15Cl4N2O+. The summed E-state index contributed by atoms with van der Waals surface area (Å²) in [7, 11) is 0. The molecule has 122 valence electrons. The first-order chi connectivity index (χ1) is 10.9. The van der Waals surface area contributed by atoms with E-state index in [1.54, 1.807) is 29.6 Å². The minimum Gasteiger partial charge on any atom is -0.319 e.